The maximum atomic E-state index is 11.0. The molecule has 0 atom stereocenters. The van der Waals surface area contributed by atoms with E-state index in [1.807, 2.05) is 0 Å². The van der Waals surface area contributed by atoms with Gasteiger partial charge in [0.1, 0.15) is 16.2 Å². The minimum Gasteiger partial charge on any atom is -0.482 e. The minimum absolute atomic E-state index is 0.0951. The normalized spacial score (nSPS) is 21.4. The van der Waals surface area contributed by atoms with E-state index in [0.29, 0.717) is 10.6 Å². The van der Waals surface area contributed by atoms with Crippen LogP contribution in [0, 0.1) is 0 Å². The average Bonchev–Trinajstić information content (AvgIpc) is 2.72. The molecule has 1 saturated carbocycles. The van der Waals surface area contributed by atoms with Crippen molar-refractivity contribution in [2.24, 2.45) is 0 Å². The Hall–Kier alpha value is -1.23. The van der Waals surface area contributed by atoms with Crippen LogP contribution in [0.1, 0.15) is 41.8 Å². The van der Waals surface area contributed by atoms with Crippen molar-refractivity contribution in [2.45, 2.75) is 37.7 Å². The predicted molar refractivity (Wildman–Crippen MR) is 66.2 cm³/mol. The number of carboxylic acid groups (broad SMARTS) is 1. The van der Waals surface area contributed by atoms with Crippen molar-refractivity contribution in [2.75, 3.05) is 11.9 Å². The molecular formula is C12H15NO3S. The second-order valence-corrected chi connectivity index (χ2v) is 5.69. The molecule has 0 aromatic carbocycles. The minimum atomic E-state index is -0.882. The van der Waals surface area contributed by atoms with Gasteiger partial charge in [-0.05, 0) is 25.7 Å². The van der Waals surface area contributed by atoms with Crippen LogP contribution in [-0.2, 0) is 0 Å². The number of carboxylic acids is 1. The summed E-state index contributed by atoms with van der Waals surface area (Å²) in [6, 6.07) is 0. The van der Waals surface area contributed by atoms with Crippen molar-refractivity contribution in [1.82, 2.24) is 0 Å². The van der Waals surface area contributed by atoms with Crippen LogP contribution in [0.2, 0.25) is 0 Å². The van der Waals surface area contributed by atoms with Crippen LogP contribution >= 0.6 is 11.3 Å². The average molecular weight is 253 g/mol. The molecule has 0 bridgehead atoms. The second-order valence-electron chi connectivity index (χ2n) is 4.81. The molecule has 1 aliphatic carbocycles. The summed E-state index contributed by atoms with van der Waals surface area (Å²) in [7, 11) is 0. The molecule has 1 fully saturated rings. The molecule has 1 spiro atoms. The smallest absolute Gasteiger partial charge is 0.348 e. The fourth-order valence-electron chi connectivity index (χ4n) is 2.74. The molecule has 3 rings (SSSR count). The number of nitrogens with one attached hydrogen (secondary N) is 1. The zero-order valence-electron chi connectivity index (χ0n) is 9.49. The number of fused-ring (bicyclic) bond motifs is 1. The van der Waals surface area contributed by atoms with E-state index in [1.54, 1.807) is 5.38 Å². The molecule has 0 radical (unpaired) electrons. The first-order valence-corrected chi connectivity index (χ1v) is 6.86. The number of anilines is 1. The third-order valence-electron chi connectivity index (χ3n) is 3.63. The Labute approximate surface area is 104 Å². The summed E-state index contributed by atoms with van der Waals surface area (Å²) < 4.78 is 6.08. The van der Waals surface area contributed by atoms with Crippen LogP contribution in [-0.4, -0.2) is 23.2 Å². The monoisotopic (exact) mass is 253 g/mol. The quantitative estimate of drug-likeness (QED) is 0.808. The highest BCUT2D eigenvalue weighted by atomic mass is 32.1. The van der Waals surface area contributed by atoms with Gasteiger partial charge in [0.15, 0.2) is 5.75 Å². The fraction of sp³-hybridized carbons (Fsp3) is 0.583. The molecular weight excluding hydrogens is 238 g/mol. The van der Waals surface area contributed by atoms with Crippen molar-refractivity contribution in [3.8, 4) is 5.75 Å². The van der Waals surface area contributed by atoms with Gasteiger partial charge in [-0.25, -0.2) is 4.79 Å². The summed E-state index contributed by atoms with van der Waals surface area (Å²) in [5, 5.41) is 14.1. The van der Waals surface area contributed by atoms with Crippen LogP contribution in [0.3, 0.4) is 0 Å². The number of ether oxygens (including phenoxy) is 1. The van der Waals surface area contributed by atoms with E-state index in [4.69, 9.17) is 9.84 Å². The van der Waals surface area contributed by atoms with Crippen molar-refractivity contribution < 1.29 is 14.6 Å². The molecule has 1 aromatic heterocycles. The van der Waals surface area contributed by atoms with Crippen LogP contribution < -0.4 is 10.1 Å². The highest BCUT2D eigenvalue weighted by Crippen LogP contribution is 2.44. The number of carbonyl (C=O) groups is 1. The van der Waals surface area contributed by atoms with E-state index in [2.05, 4.69) is 5.32 Å². The maximum absolute atomic E-state index is 11.0. The molecule has 17 heavy (non-hydrogen) atoms. The van der Waals surface area contributed by atoms with E-state index in [-0.39, 0.29) is 5.60 Å². The number of aromatic carboxylic acids is 1. The van der Waals surface area contributed by atoms with Gasteiger partial charge in [-0.15, -0.1) is 11.3 Å². The Morgan fingerprint density at radius 1 is 1.41 bits per heavy atom. The molecule has 4 nitrogen and oxygen atoms in total. The van der Waals surface area contributed by atoms with Crippen molar-refractivity contribution in [1.29, 1.82) is 0 Å². The number of hydrogen-bond acceptors (Lipinski definition) is 4. The summed E-state index contributed by atoms with van der Waals surface area (Å²) in [6.07, 6.45) is 5.82. The lowest BCUT2D eigenvalue weighted by Crippen LogP contribution is -2.47. The van der Waals surface area contributed by atoms with E-state index in [0.717, 1.165) is 25.1 Å². The van der Waals surface area contributed by atoms with Crippen LogP contribution in [0.5, 0.6) is 5.75 Å². The first-order valence-electron chi connectivity index (χ1n) is 5.98. The molecule has 92 valence electrons. The van der Waals surface area contributed by atoms with E-state index < -0.39 is 5.97 Å². The molecule has 2 heterocycles. The third-order valence-corrected chi connectivity index (χ3v) is 4.58. The van der Waals surface area contributed by atoms with Gasteiger partial charge >= 0.3 is 5.97 Å². The first kappa shape index (κ1) is 10.9. The Balaban J connectivity index is 1.88. The second kappa shape index (κ2) is 3.91. The standard InChI is InChI=1S/C12H15NO3S/c14-11(15)10-9-8(6-17-10)16-12(7-13-9)4-2-1-3-5-12/h6,13H,1-5,7H2,(H,14,15). The van der Waals surface area contributed by atoms with Crippen molar-refractivity contribution in [3.05, 3.63) is 10.3 Å². The van der Waals surface area contributed by atoms with E-state index >= 15 is 0 Å². The number of rotatable bonds is 1. The number of hydrogen-bond donors (Lipinski definition) is 2. The molecule has 0 amide bonds. The van der Waals surface area contributed by atoms with Gasteiger partial charge in [-0.3, -0.25) is 0 Å². The van der Waals surface area contributed by atoms with Gasteiger partial charge in [-0.2, -0.15) is 0 Å². The topological polar surface area (TPSA) is 58.6 Å². The molecule has 2 aliphatic rings. The Morgan fingerprint density at radius 3 is 2.88 bits per heavy atom. The Kier molecular flexibility index (Phi) is 2.50. The third kappa shape index (κ3) is 1.78. The Bertz CT molecular complexity index is 449. The predicted octanol–water partition coefficient (Wildman–Crippen LogP) is 2.95. The molecule has 0 saturated heterocycles. The van der Waals surface area contributed by atoms with Crippen molar-refractivity contribution >= 4 is 23.0 Å². The van der Waals surface area contributed by atoms with Gasteiger partial charge in [0.2, 0.25) is 0 Å². The largest absolute Gasteiger partial charge is 0.482 e. The SMILES string of the molecule is O=C(O)c1scc2c1NCC1(CCCCC1)O2. The summed E-state index contributed by atoms with van der Waals surface area (Å²) >= 11 is 1.23. The highest BCUT2D eigenvalue weighted by Gasteiger charge is 2.39. The summed E-state index contributed by atoms with van der Waals surface area (Å²) in [6.45, 7) is 0.733. The fourth-order valence-corrected chi connectivity index (χ4v) is 3.52. The van der Waals surface area contributed by atoms with Crippen LogP contribution in [0.4, 0.5) is 5.69 Å². The lowest BCUT2D eigenvalue weighted by Gasteiger charge is -2.41. The summed E-state index contributed by atoms with van der Waals surface area (Å²) in [5.41, 5.74) is 0.570. The molecule has 1 aromatic rings. The van der Waals surface area contributed by atoms with Gasteiger partial charge in [0, 0.05) is 5.38 Å². The van der Waals surface area contributed by atoms with Gasteiger partial charge in [-0.1, -0.05) is 6.42 Å². The van der Waals surface area contributed by atoms with E-state index in [9.17, 15) is 4.79 Å². The molecule has 0 unspecified atom stereocenters. The highest BCUT2D eigenvalue weighted by molar-refractivity contribution is 7.13. The first-order chi connectivity index (χ1) is 8.20. The summed E-state index contributed by atoms with van der Waals surface area (Å²) in [4.78, 5) is 11.4. The lowest BCUT2D eigenvalue weighted by molar-refractivity contribution is 0.0371. The zero-order chi connectivity index (χ0) is 11.9. The lowest BCUT2D eigenvalue weighted by atomic mass is 9.84. The molecule has 1 aliphatic heterocycles. The van der Waals surface area contributed by atoms with Gasteiger partial charge in [0.05, 0.1) is 6.54 Å². The van der Waals surface area contributed by atoms with Gasteiger partial charge in [0.25, 0.3) is 0 Å². The maximum Gasteiger partial charge on any atom is 0.348 e. The van der Waals surface area contributed by atoms with Gasteiger partial charge < -0.3 is 15.2 Å². The van der Waals surface area contributed by atoms with E-state index in [1.165, 1.54) is 30.6 Å². The molecule has 2 N–H and O–H groups in total. The molecule has 5 heteroatoms. The Morgan fingerprint density at radius 2 is 2.18 bits per heavy atom. The van der Waals surface area contributed by atoms with Crippen LogP contribution in [0.25, 0.3) is 0 Å². The van der Waals surface area contributed by atoms with Crippen molar-refractivity contribution in [3.63, 3.8) is 0 Å². The number of thiophene rings is 1. The zero-order valence-corrected chi connectivity index (χ0v) is 10.3. The summed E-state index contributed by atoms with van der Waals surface area (Å²) in [5.74, 6) is -0.160. The van der Waals surface area contributed by atoms with Crippen LogP contribution in [0.15, 0.2) is 5.38 Å².